The van der Waals surface area contributed by atoms with Crippen LogP contribution >= 0.6 is 0 Å². The Morgan fingerprint density at radius 2 is 2.00 bits per heavy atom. The van der Waals surface area contributed by atoms with Gasteiger partial charge in [-0.25, -0.2) is 0 Å². The van der Waals surface area contributed by atoms with Crippen LogP contribution in [0, 0.1) is 0 Å². The van der Waals surface area contributed by atoms with Crippen LogP contribution in [-0.4, -0.2) is 23.1 Å². The van der Waals surface area contributed by atoms with Crippen molar-refractivity contribution in [3.8, 4) is 16.9 Å². The van der Waals surface area contributed by atoms with Gasteiger partial charge in [-0.05, 0) is 47.7 Å². The minimum Gasteiger partial charge on any atom is -0.507 e. The first-order chi connectivity index (χ1) is 9.79. The van der Waals surface area contributed by atoms with Crippen molar-refractivity contribution in [1.29, 1.82) is 0 Å². The van der Waals surface area contributed by atoms with Gasteiger partial charge in [0.15, 0.2) is 0 Å². The van der Waals surface area contributed by atoms with Crippen molar-refractivity contribution < 1.29 is 5.11 Å². The second-order valence-corrected chi connectivity index (χ2v) is 5.79. The van der Waals surface area contributed by atoms with Gasteiger partial charge >= 0.3 is 0 Å². The summed E-state index contributed by atoms with van der Waals surface area (Å²) in [7, 11) is 0. The Morgan fingerprint density at radius 1 is 1.15 bits per heavy atom. The molecule has 1 aliphatic carbocycles. The third-order valence-electron chi connectivity index (χ3n) is 4.86. The molecule has 20 heavy (non-hydrogen) atoms. The van der Waals surface area contributed by atoms with Gasteiger partial charge in [0.1, 0.15) is 5.75 Å². The predicted molar refractivity (Wildman–Crippen MR) is 80.9 cm³/mol. The van der Waals surface area contributed by atoms with Crippen LogP contribution in [-0.2, 0) is 12.8 Å². The fourth-order valence-corrected chi connectivity index (χ4v) is 3.90. The highest BCUT2D eigenvalue weighted by Gasteiger charge is 2.34. The van der Waals surface area contributed by atoms with E-state index < -0.39 is 0 Å². The third-order valence-corrected chi connectivity index (χ3v) is 4.86. The highest BCUT2D eigenvalue weighted by molar-refractivity contribution is 5.80. The number of phenolic OH excluding ortho intramolecular Hbond substituents is 1. The summed E-state index contributed by atoms with van der Waals surface area (Å²) < 4.78 is 0. The monoisotopic (exact) mass is 265 g/mol. The molecule has 0 amide bonds. The van der Waals surface area contributed by atoms with E-state index in [4.69, 9.17) is 0 Å². The van der Waals surface area contributed by atoms with E-state index in [2.05, 4.69) is 42.2 Å². The lowest BCUT2D eigenvalue weighted by Gasteiger charge is -2.41. The van der Waals surface area contributed by atoms with Crippen LogP contribution in [0.4, 0.5) is 0 Å². The van der Waals surface area contributed by atoms with E-state index in [1.54, 1.807) is 0 Å². The minimum absolute atomic E-state index is 0.429. The van der Waals surface area contributed by atoms with Crippen LogP contribution < -0.4 is 0 Å². The third kappa shape index (κ3) is 1.55. The highest BCUT2D eigenvalue weighted by atomic mass is 16.3. The molecule has 0 radical (unpaired) electrons. The topological polar surface area (TPSA) is 23.5 Å². The van der Waals surface area contributed by atoms with E-state index >= 15 is 0 Å². The summed E-state index contributed by atoms with van der Waals surface area (Å²) in [4.78, 5) is 2.54. The Morgan fingerprint density at radius 3 is 2.85 bits per heavy atom. The molecule has 2 aliphatic rings. The standard InChI is InChI=1S/C18H19NO/c1-2-19-10-9-12-7-8-16(20)18-14-6-4-3-5-13(14)11-15(19)17(12)18/h3-8,15,20H,2,9-11H2,1H3. The number of hydrogen-bond acceptors (Lipinski definition) is 2. The largest absolute Gasteiger partial charge is 0.507 e. The zero-order valence-electron chi connectivity index (χ0n) is 11.8. The van der Waals surface area contributed by atoms with Crippen LogP contribution in [0.2, 0.25) is 0 Å². The molecule has 0 spiro atoms. The number of likely N-dealkylation sites (N-methyl/N-ethyl adjacent to an activating group) is 1. The second kappa shape index (κ2) is 4.35. The van der Waals surface area contributed by atoms with Gasteiger partial charge in [-0.15, -0.1) is 0 Å². The first-order valence-corrected chi connectivity index (χ1v) is 7.46. The molecule has 0 aromatic heterocycles. The fourth-order valence-electron chi connectivity index (χ4n) is 3.90. The smallest absolute Gasteiger partial charge is 0.123 e. The maximum Gasteiger partial charge on any atom is 0.123 e. The Hall–Kier alpha value is -1.80. The molecule has 4 rings (SSSR count). The first-order valence-electron chi connectivity index (χ1n) is 7.46. The van der Waals surface area contributed by atoms with Crippen molar-refractivity contribution in [2.75, 3.05) is 13.1 Å². The molecule has 1 heterocycles. The van der Waals surface area contributed by atoms with Gasteiger partial charge in [-0.3, -0.25) is 4.90 Å². The molecule has 1 atom stereocenters. The summed E-state index contributed by atoms with van der Waals surface area (Å²) in [5.41, 5.74) is 6.44. The SMILES string of the molecule is CCN1CCc2ccc(O)c3c2C1Cc1ccccc1-3. The van der Waals surface area contributed by atoms with E-state index in [0.717, 1.165) is 31.5 Å². The van der Waals surface area contributed by atoms with Crippen LogP contribution in [0.15, 0.2) is 36.4 Å². The molecule has 2 heteroatoms. The number of rotatable bonds is 1. The Balaban J connectivity index is 2.02. The summed E-state index contributed by atoms with van der Waals surface area (Å²) in [5.74, 6) is 0.429. The minimum atomic E-state index is 0.429. The van der Waals surface area contributed by atoms with Gasteiger partial charge in [0.2, 0.25) is 0 Å². The quantitative estimate of drug-likeness (QED) is 0.852. The molecule has 1 aliphatic heterocycles. The number of phenols is 1. The Bertz CT molecular complexity index is 677. The van der Waals surface area contributed by atoms with Gasteiger partial charge in [0, 0.05) is 18.2 Å². The molecule has 0 saturated carbocycles. The average molecular weight is 265 g/mol. The van der Waals surface area contributed by atoms with Crippen LogP contribution in [0.25, 0.3) is 11.1 Å². The summed E-state index contributed by atoms with van der Waals surface area (Å²) in [6, 6.07) is 12.9. The van der Waals surface area contributed by atoms with Crippen LogP contribution in [0.5, 0.6) is 5.75 Å². The number of aromatic hydroxyl groups is 1. The zero-order valence-corrected chi connectivity index (χ0v) is 11.8. The normalized spacial score (nSPS) is 20.4. The molecule has 1 unspecified atom stereocenters. The lowest BCUT2D eigenvalue weighted by atomic mass is 9.77. The maximum atomic E-state index is 10.4. The van der Waals surface area contributed by atoms with Crippen molar-refractivity contribution >= 4 is 0 Å². The van der Waals surface area contributed by atoms with E-state index in [1.165, 1.54) is 22.3 Å². The van der Waals surface area contributed by atoms with Gasteiger partial charge in [-0.1, -0.05) is 37.3 Å². The summed E-state index contributed by atoms with van der Waals surface area (Å²) in [5, 5.41) is 10.4. The van der Waals surface area contributed by atoms with E-state index in [-0.39, 0.29) is 0 Å². The van der Waals surface area contributed by atoms with Crippen LogP contribution in [0.3, 0.4) is 0 Å². The molecule has 2 nitrogen and oxygen atoms in total. The van der Waals surface area contributed by atoms with Gasteiger partial charge in [-0.2, -0.15) is 0 Å². The first kappa shape index (κ1) is 12.0. The molecule has 1 N–H and O–H groups in total. The van der Waals surface area contributed by atoms with E-state index in [9.17, 15) is 5.11 Å². The zero-order chi connectivity index (χ0) is 13.7. The van der Waals surface area contributed by atoms with Gasteiger partial charge in [0.05, 0.1) is 0 Å². The highest BCUT2D eigenvalue weighted by Crippen LogP contribution is 2.48. The van der Waals surface area contributed by atoms with Crippen LogP contribution in [0.1, 0.15) is 29.7 Å². The summed E-state index contributed by atoms with van der Waals surface area (Å²) in [6.07, 6.45) is 2.16. The Kier molecular flexibility index (Phi) is 2.61. The van der Waals surface area contributed by atoms with Gasteiger partial charge in [0.25, 0.3) is 0 Å². The fraction of sp³-hybridized carbons (Fsp3) is 0.333. The van der Waals surface area contributed by atoms with Crippen molar-refractivity contribution in [2.45, 2.75) is 25.8 Å². The number of fused-ring (bicyclic) bond motifs is 2. The van der Waals surface area contributed by atoms with Crippen molar-refractivity contribution in [1.82, 2.24) is 4.90 Å². The second-order valence-electron chi connectivity index (χ2n) is 5.79. The molecule has 0 saturated heterocycles. The molecular formula is C18H19NO. The van der Waals surface area contributed by atoms with E-state index in [0.29, 0.717) is 11.8 Å². The van der Waals surface area contributed by atoms with Gasteiger partial charge < -0.3 is 5.11 Å². The number of benzene rings is 2. The lowest BCUT2D eigenvalue weighted by molar-refractivity contribution is 0.192. The predicted octanol–water partition coefficient (Wildman–Crippen LogP) is 3.53. The van der Waals surface area contributed by atoms with E-state index in [1.807, 2.05) is 6.07 Å². The molecule has 102 valence electrons. The van der Waals surface area contributed by atoms with Crippen molar-refractivity contribution in [2.24, 2.45) is 0 Å². The molecule has 0 fully saturated rings. The van der Waals surface area contributed by atoms with Crippen molar-refractivity contribution in [3.05, 3.63) is 53.1 Å². The summed E-state index contributed by atoms with van der Waals surface area (Å²) in [6.45, 7) is 4.43. The number of nitrogens with zero attached hydrogens (tertiary/aromatic N) is 1. The maximum absolute atomic E-state index is 10.4. The molecule has 2 aromatic carbocycles. The van der Waals surface area contributed by atoms with Crippen molar-refractivity contribution in [3.63, 3.8) is 0 Å². The Labute approximate surface area is 119 Å². The molecule has 2 aromatic rings. The molecular weight excluding hydrogens is 246 g/mol. The summed E-state index contributed by atoms with van der Waals surface area (Å²) >= 11 is 0. The average Bonchev–Trinajstić information content (AvgIpc) is 2.49. The lowest BCUT2D eigenvalue weighted by Crippen LogP contribution is -2.38. The molecule has 0 bridgehead atoms. The number of hydrogen-bond donors (Lipinski definition) is 1.